The van der Waals surface area contributed by atoms with Crippen LogP contribution in [0.1, 0.15) is 24.1 Å². The van der Waals surface area contributed by atoms with Crippen molar-refractivity contribution in [3.8, 4) is 11.6 Å². The van der Waals surface area contributed by atoms with Gasteiger partial charge >= 0.3 is 0 Å². The first-order valence-electron chi connectivity index (χ1n) is 6.77. The number of rotatable bonds is 6. The van der Waals surface area contributed by atoms with Crippen molar-refractivity contribution in [3.63, 3.8) is 0 Å². The van der Waals surface area contributed by atoms with Gasteiger partial charge in [-0.15, -0.1) is 0 Å². The average Bonchev–Trinajstić information content (AvgIpc) is 2.53. The van der Waals surface area contributed by atoms with E-state index in [9.17, 15) is 0 Å². The maximum atomic E-state index is 6.10. The third-order valence-corrected chi connectivity index (χ3v) is 3.53. The van der Waals surface area contributed by atoms with Gasteiger partial charge in [0.25, 0.3) is 0 Å². The van der Waals surface area contributed by atoms with Crippen molar-refractivity contribution >= 4 is 11.6 Å². The van der Waals surface area contributed by atoms with Gasteiger partial charge in [-0.25, -0.2) is 4.98 Å². The lowest BCUT2D eigenvalue weighted by molar-refractivity contribution is 0.387. The Morgan fingerprint density at radius 1 is 1.24 bits per heavy atom. The number of methoxy groups -OCH3 is 2. The van der Waals surface area contributed by atoms with Crippen molar-refractivity contribution < 1.29 is 9.47 Å². The molecule has 0 bridgehead atoms. The molecule has 1 N–H and O–H groups in total. The molecule has 0 fully saturated rings. The molecular formula is C16H19ClN2O2. The maximum absolute atomic E-state index is 6.10. The largest absolute Gasteiger partial charge is 0.495 e. The van der Waals surface area contributed by atoms with E-state index in [1.54, 1.807) is 20.4 Å². The number of aromatic nitrogens is 1. The van der Waals surface area contributed by atoms with Gasteiger partial charge in [0.1, 0.15) is 5.75 Å². The summed E-state index contributed by atoms with van der Waals surface area (Å²) in [5, 5.41) is 4.03. The predicted molar refractivity (Wildman–Crippen MR) is 84.3 cm³/mol. The highest BCUT2D eigenvalue weighted by atomic mass is 35.5. The van der Waals surface area contributed by atoms with E-state index in [2.05, 4.69) is 17.2 Å². The molecular weight excluding hydrogens is 288 g/mol. The van der Waals surface area contributed by atoms with Crippen LogP contribution in [-0.2, 0) is 0 Å². The second-order valence-electron chi connectivity index (χ2n) is 4.49. The van der Waals surface area contributed by atoms with Gasteiger partial charge in [0.05, 0.1) is 25.3 Å². The summed E-state index contributed by atoms with van der Waals surface area (Å²) < 4.78 is 10.7. The van der Waals surface area contributed by atoms with Crippen molar-refractivity contribution in [2.45, 2.75) is 13.0 Å². The predicted octanol–water partition coefficient (Wildman–Crippen LogP) is 3.45. The van der Waals surface area contributed by atoms with Crippen LogP contribution in [0.15, 0.2) is 36.5 Å². The lowest BCUT2D eigenvalue weighted by Gasteiger charge is -2.21. The molecule has 0 saturated heterocycles. The summed E-state index contributed by atoms with van der Waals surface area (Å²) in [5.41, 5.74) is 2.02. The van der Waals surface area contributed by atoms with Crippen molar-refractivity contribution in [1.82, 2.24) is 10.3 Å². The van der Waals surface area contributed by atoms with E-state index < -0.39 is 0 Å². The number of halogens is 1. The molecule has 5 heteroatoms. The molecule has 2 aromatic rings. The van der Waals surface area contributed by atoms with E-state index in [4.69, 9.17) is 21.1 Å². The second-order valence-corrected chi connectivity index (χ2v) is 4.89. The summed E-state index contributed by atoms with van der Waals surface area (Å²) in [4.78, 5) is 4.27. The molecule has 2 rings (SSSR count). The lowest BCUT2D eigenvalue weighted by atomic mass is 9.99. The molecule has 1 heterocycles. The Kier molecular flexibility index (Phi) is 5.42. The van der Waals surface area contributed by atoms with Gasteiger partial charge in [-0.2, -0.15) is 0 Å². The second kappa shape index (κ2) is 7.29. The Balaban J connectivity index is 2.48. The van der Waals surface area contributed by atoms with Gasteiger partial charge in [0, 0.05) is 11.8 Å². The topological polar surface area (TPSA) is 43.4 Å². The monoisotopic (exact) mass is 306 g/mol. The van der Waals surface area contributed by atoms with E-state index in [0.29, 0.717) is 16.7 Å². The maximum Gasteiger partial charge on any atom is 0.218 e. The number of ether oxygens (including phenoxy) is 2. The van der Waals surface area contributed by atoms with Crippen LogP contribution < -0.4 is 14.8 Å². The molecule has 1 unspecified atom stereocenters. The fraction of sp³-hybridized carbons (Fsp3) is 0.312. The summed E-state index contributed by atoms with van der Waals surface area (Å²) in [7, 11) is 3.23. The number of nitrogens with zero attached hydrogens (tertiary/aromatic N) is 1. The fourth-order valence-corrected chi connectivity index (χ4v) is 2.46. The summed E-state index contributed by atoms with van der Waals surface area (Å²) in [6.07, 6.45) is 1.72. The number of nitrogens with one attached hydrogen (secondary N) is 1. The zero-order chi connectivity index (χ0) is 15.2. The zero-order valence-electron chi connectivity index (χ0n) is 12.4. The average molecular weight is 307 g/mol. The van der Waals surface area contributed by atoms with Crippen LogP contribution in [0.2, 0.25) is 5.02 Å². The number of hydrogen-bond donors (Lipinski definition) is 1. The highest BCUT2D eigenvalue weighted by Crippen LogP contribution is 2.33. The Labute approximate surface area is 130 Å². The van der Waals surface area contributed by atoms with Crippen LogP contribution in [0.4, 0.5) is 0 Å². The molecule has 0 saturated carbocycles. The fourth-order valence-electron chi connectivity index (χ4n) is 2.26. The molecule has 21 heavy (non-hydrogen) atoms. The highest BCUT2D eigenvalue weighted by Gasteiger charge is 2.19. The van der Waals surface area contributed by atoms with Crippen LogP contribution in [0.5, 0.6) is 11.6 Å². The third kappa shape index (κ3) is 3.46. The van der Waals surface area contributed by atoms with Gasteiger partial charge in [0.15, 0.2) is 0 Å². The van der Waals surface area contributed by atoms with E-state index >= 15 is 0 Å². The van der Waals surface area contributed by atoms with E-state index in [1.807, 2.05) is 30.3 Å². The molecule has 1 aromatic carbocycles. The molecule has 0 aliphatic carbocycles. The van der Waals surface area contributed by atoms with Crippen molar-refractivity contribution in [1.29, 1.82) is 0 Å². The van der Waals surface area contributed by atoms with Gasteiger partial charge in [0.2, 0.25) is 5.88 Å². The Bertz CT molecular complexity index is 605. The Morgan fingerprint density at radius 3 is 2.71 bits per heavy atom. The van der Waals surface area contributed by atoms with E-state index in [1.165, 1.54) is 0 Å². The van der Waals surface area contributed by atoms with Crippen molar-refractivity contribution in [2.75, 3.05) is 20.8 Å². The van der Waals surface area contributed by atoms with Crippen LogP contribution in [0, 0.1) is 0 Å². The molecule has 1 atom stereocenters. The van der Waals surface area contributed by atoms with Gasteiger partial charge < -0.3 is 14.8 Å². The van der Waals surface area contributed by atoms with Crippen LogP contribution in [0.3, 0.4) is 0 Å². The first-order chi connectivity index (χ1) is 10.2. The first-order valence-corrected chi connectivity index (χ1v) is 7.14. The van der Waals surface area contributed by atoms with Gasteiger partial charge in [-0.1, -0.05) is 30.7 Å². The molecule has 0 aliphatic rings. The van der Waals surface area contributed by atoms with Gasteiger partial charge in [-0.3, -0.25) is 0 Å². The van der Waals surface area contributed by atoms with E-state index in [-0.39, 0.29) is 6.04 Å². The minimum atomic E-state index is -0.0372. The van der Waals surface area contributed by atoms with Crippen LogP contribution >= 0.6 is 11.6 Å². The summed E-state index contributed by atoms with van der Waals surface area (Å²) >= 11 is 6.10. The summed E-state index contributed by atoms with van der Waals surface area (Å²) in [5.74, 6) is 1.26. The molecule has 0 spiro atoms. The number of benzene rings is 1. The highest BCUT2D eigenvalue weighted by molar-refractivity contribution is 6.32. The Morgan fingerprint density at radius 2 is 2.05 bits per heavy atom. The standard InChI is InChI=1S/C16H19ClN2O2/c1-4-18-15(12-6-5-9-19-16(12)21-3)11-7-8-13(17)14(10-11)20-2/h5-10,15,18H,4H2,1-3H3. The number of pyridine rings is 1. The third-order valence-electron chi connectivity index (χ3n) is 3.22. The van der Waals surface area contributed by atoms with Gasteiger partial charge in [-0.05, 0) is 30.3 Å². The summed E-state index contributed by atoms with van der Waals surface area (Å²) in [6, 6.07) is 9.61. The minimum absolute atomic E-state index is 0.0372. The molecule has 4 nitrogen and oxygen atoms in total. The molecule has 0 amide bonds. The number of hydrogen-bond acceptors (Lipinski definition) is 4. The van der Waals surface area contributed by atoms with Crippen LogP contribution in [-0.4, -0.2) is 25.7 Å². The SMILES string of the molecule is CCNC(c1ccc(Cl)c(OC)c1)c1cccnc1OC. The molecule has 1 aromatic heterocycles. The normalized spacial score (nSPS) is 12.0. The Hall–Kier alpha value is -1.78. The molecule has 0 aliphatic heterocycles. The van der Waals surface area contributed by atoms with Crippen molar-refractivity contribution in [3.05, 3.63) is 52.7 Å². The van der Waals surface area contributed by atoms with Crippen LogP contribution in [0.25, 0.3) is 0 Å². The quantitative estimate of drug-likeness (QED) is 0.887. The van der Waals surface area contributed by atoms with E-state index in [0.717, 1.165) is 17.7 Å². The summed E-state index contributed by atoms with van der Waals surface area (Å²) in [6.45, 7) is 2.87. The molecule has 0 radical (unpaired) electrons. The smallest absolute Gasteiger partial charge is 0.218 e. The molecule has 112 valence electrons. The minimum Gasteiger partial charge on any atom is -0.495 e. The van der Waals surface area contributed by atoms with Crippen molar-refractivity contribution in [2.24, 2.45) is 0 Å². The zero-order valence-corrected chi connectivity index (χ0v) is 13.1. The lowest BCUT2D eigenvalue weighted by Crippen LogP contribution is -2.22. The first kappa shape index (κ1) is 15.6.